The van der Waals surface area contributed by atoms with E-state index in [-0.39, 0.29) is 33.9 Å². The van der Waals surface area contributed by atoms with E-state index in [1.165, 1.54) is 0 Å². The molecule has 0 fully saturated rings. The number of rotatable bonds is 7. The highest BCUT2D eigenvalue weighted by Gasteiger charge is 2.37. The van der Waals surface area contributed by atoms with E-state index in [1.54, 1.807) is 31.2 Å². The van der Waals surface area contributed by atoms with Crippen LogP contribution >= 0.6 is 11.6 Å². The average Bonchev–Trinajstić information content (AvgIpc) is 2.88. The van der Waals surface area contributed by atoms with Crippen LogP contribution in [0.25, 0.3) is 5.70 Å². The maximum Gasteiger partial charge on any atom is 0.341 e. The Morgan fingerprint density at radius 1 is 0.824 bits per heavy atom. The van der Waals surface area contributed by atoms with Crippen LogP contribution in [0.1, 0.15) is 38.8 Å². The van der Waals surface area contributed by atoms with Crippen LogP contribution in [0.2, 0.25) is 0 Å². The van der Waals surface area contributed by atoms with E-state index in [9.17, 15) is 14.4 Å². The maximum atomic E-state index is 13.6. The van der Waals surface area contributed by atoms with Crippen molar-refractivity contribution in [3.8, 4) is 0 Å². The minimum absolute atomic E-state index is 0.0677. The zero-order chi connectivity index (χ0) is 24.1. The van der Waals surface area contributed by atoms with Crippen LogP contribution < -0.4 is 5.32 Å². The molecule has 0 heterocycles. The van der Waals surface area contributed by atoms with Gasteiger partial charge < -0.3 is 10.1 Å². The van der Waals surface area contributed by atoms with Crippen molar-refractivity contribution < 1.29 is 19.1 Å². The molecule has 0 unspecified atom stereocenters. The van der Waals surface area contributed by atoms with Gasteiger partial charge in [-0.1, -0.05) is 96.5 Å². The van der Waals surface area contributed by atoms with Crippen molar-refractivity contribution in [3.63, 3.8) is 0 Å². The SMILES string of the molecule is CCOC(=O)/C(C1=C(Cl)C(=O)c2ccccc2C1=O)=C(\NCc1ccccc1)c1ccccc1. The van der Waals surface area contributed by atoms with Gasteiger partial charge in [0.1, 0.15) is 5.03 Å². The van der Waals surface area contributed by atoms with Crippen molar-refractivity contribution >= 4 is 34.8 Å². The highest BCUT2D eigenvalue weighted by Crippen LogP contribution is 2.35. The minimum atomic E-state index is -0.740. The molecule has 0 aromatic heterocycles. The Bertz CT molecular complexity index is 1310. The third kappa shape index (κ3) is 4.56. The van der Waals surface area contributed by atoms with E-state index in [1.807, 2.05) is 60.7 Å². The van der Waals surface area contributed by atoms with Crippen LogP contribution in [-0.4, -0.2) is 24.1 Å². The van der Waals surface area contributed by atoms with E-state index < -0.39 is 17.5 Å². The number of hydrogen-bond donors (Lipinski definition) is 1. The van der Waals surface area contributed by atoms with E-state index >= 15 is 0 Å². The summed E-state index contributed by atoms with van der Waals surface area (Å²) in [5, 5.41) is 2.99. The number of Topliss-reactive ketones (excluding diaryl/α,β-unsaturated/α-hetero) is 2. The lowest BCUT2D eigenvalue weighted by atomic mass is 9.84. The molecule has 170 valence electrons. The van der Waals surface area contributed by atoms with Gasteiger partial charge in [-0.15, -0.1) is 0 Å². The second kappa shape index (κ2) is 10.3. The summed E-state index contributed by atoms with van der Waals surface area (Å²) >= 11 is 6.48. The fourth-order valence-corrected chi connectivity index (χ4v) is 4.11. The molecular formula is C28H22ClNO4. The van der Waals surface area contributed by atoms with Crippen LogP contribution in [0.15, 0.2) is 101 Å². The first-order valence-corrected chi connectivity index (χ1v) is 11.2. The quantitative estimate of drug-likeness (QED) is 0.373. The molecule has 0 saturated heterocycles. The molecule has 6 heteroatoms. The Hall–Kier alpha value is -3.96. The van der Waals surface area contributed by atoms with Crippen LogP contribution in [0.5, 0.6) is 0 Å². The van der Waals surface area contributed by atoms with Crippen molar-refractivity contribution in [1.82, 2.24) is 5.32 Å². The number of fused-ring (bicyclic) bond motifs is 1. The van der Waals surface area contributed by atoms with Crippen LogP contribution in [0.4, 0.5) is 0 Å². The molecule has 0 spiro atoms. The Morgan fingerprint density at radius 2 is 1.38 bits per heavy atom. The second-order valence-electron chi connectivity index (χ2n) is 7.57. The number of carbonyl (C=O) groups is 3. The number of benzene rings is 3. The summed E-state index contributed by atoms with van der Waals surface area (Å²) in [7, 11) is 0. The lowest BCUT2D eigenvalue weighted by molar-refractivity contribution is -0.138. The van der Waals surface area contributed by atoms with Crippen molar-refractivity contribution in [1.29, 1.82) is 0 Å². The predicted octanol–water partition coefficient (Wildman–Crippen LogP) is 5.32. The molecule has 0 saturated carbocycles. The standard InChI is InChI=1S/C28H22ClNO4/c1-2-34-28(33)23(22-24(29)27(32)21-16-10-9-15-20(21)26(22)31)25(19-13-7-4-8-14-19)30-17-18-11-5-3-6-12-18/h3-16,30H,2,17H2,1H3/b25-23-. The Labute approximate surface area is 202 Å². The van der Waals surface area contributed by atoms with Gasteiger partial charge in [-0.2, -0.15) is 0 Å². The first-order valence-electron chi connectivity index (χ1n) is 10.9. The number of allylic oxidation sites excluding steroid dienone is 1. The van der Waals surface area contributed by atoms with Crippen LogP contribution in [0, 0.1) is 0 Å². The molecule has 4 rings (SSSR count). The lowest BCUT2D eigenvalue weighted by Crippen LogP contribution is -2.27. The number of esters is 1. The third-order valence-electron chi connectivity index (χ3n) is 5.42. The van der Waals surface area contributed by atoms with Crippen molar-refractivity contribution in [2.24, 2.45) is 0 Å². The lowest BCUT2D eigenvalue weighted by Gasteiger charge is -2.22. The largest absolute Gasteiger partial charge is 0.462 e. The Morgan fingerprint density at radius 3 is 2.00 bits per heavy atom. The summed E-state index contributed by atoms with van der Waals surface area (Å²) in [6, 6.07) is 25.2. The van der Waals surface area contributed by atoms with Gasteiger partial charge in [-0.25, -0.2) is 4.79 Å². The molecule has 1 aliphatic rings. The first kappa shape index (κ1) is 23.2. The number of hydrogen-bond acceptors (Lipinski definition) is 5. The summed E-state index contributed by atoms with van der Waals surface area (Å²) in [6.07, 6.45) is 0. The molecule has 0 bridgehead atoms. The van der Waals surface area contributed by atoms with E-state index in [2.05, 4.69) is 5.32 Å². The molecule has 1 aliphatic carbocycles. The highest BCUT2D eigenvalue weighted by atomic mass is 35.5. The molecule has 3 aromatic rings. The molecule has 0 radical (unpaired) electrons. The van der Waals surface area contributed by atoms with Crippen molar-refractivity contribution in [3.05, 3.63) is 123 Å². The van der Waals surface area contributed by atoms with Gasteiger partial charge in [-0.05, 0) is 18.1 Å². The summed E-state index contributed by atoms with van der Waals surface area (Å²) in [5.74, 6) is -1.75. The summed E-state index contributed by atoms with van der Waals surface area (Å²) in [4.78, 5) is 39.9. The predicted molar refractivity (Wildman–Crippen MR) is 131 cm³/mol. The third-order valence-corrected chi connectivity index (χ3v) is 5.78. The number of ether oxygens (including phenoxy) is 1. The molecule has 5 nitrogen and oxygen atoms in total. The second-order valence-corrected chi connectivity index (χ2v) is 7.95. The van der Waals surface area contributed by atoms with Gasteiger partial charge >= 0.3 is 5.97 Å². The smallest absolute Gasteiger partial charge is 0.341 e. The zero-order valence-corrected chi connectivity index (χ0v) is 19.3. The average molecular weight is 472 g/mol. The van der Waals surface area contributed by atoms with Crippen LogP contribution in [-0.2, 0) is 16.1 Å². The minimum Gasteiger partial charge on any atom is -0.462 e. The molecular weight excluding hydrogens is 450 g/mol. The zero-order valence-electron chi connectivity index (χ0n) is 18.5. The first-order chi connectivity index (χ1) is 16.5. The molecule has 0 amide bonds. The Balaban J connectivity index is 1.94. The van der Waals surface area contributed by atoms with Gasteiger partial charge in [0.15, 0.2) is 5.78 Å². The molecule has 34 heavy (non-hydrogen) atoms. The number of nitrogens with one attached hydrogen (secondary N) is 1. The van der Waals surface area contributed by atoms with Crippen molar-refractivity contribution in [2.75, 3.05) is 6.61 Å². The molecule has 0 atom stereocenters. The number of ketones is 2. The topological polar surface area (TPSA) is 72.5 Å². The van der Waals surface area contributed by atoms with Crippen LogP contribution in [0.3, 0.4) is 0 Å². The normalized spacial score (nSPS) is 13.8. The van der Waals surface area contributed by atoms with Crippen molar-refractivity contribution in [2.45, 2.75) is 13.5 Å². The number of halogens is 1. The fourth-order valence-electron chi connectivity index (χ4n) is 3.83. The maximum absolute atomic E-state index is 13.6. The fraction of sp³-hybridized carbons (Fsp3) is 0.107. The van der Waals surface area contributed by atoms with Gasteiger partial charge in [0.25, 0.3) is 0 Å². The summed E-state index contributed by atoms with van der Waals surface area (Å²) in [5.41, 5.74) is 2.15. The van der Waals surface area contributed by atoms with E-state index in [4.69, 9.17) is 16.3 Å². The van der Waals surface area contributed by atoms with E-state index in [0.717, 1.165) is 5.56 Å². The summed E-state index contributed by atoms with van der Waals surface area (Å²) < 4.78 is 5.34. The Kier molecular flexibility index (Phi) is 7.04. The van der Waals surface area contributed by atoms with Gasteiger partial charge in [-0.3, -0.25) is 9.59 Å². The van der Waals surface area contributed by atoms with Gasteiger partial charge in [0, 0.05) is 17.7 Å². The van der Waals surface area contributed by atoms with Gasteiger partial charge in [0.05, 0.1) is 23.5 Å². The van der Waals surface area contributed by atoms with E-state index in [0.29, 0.717) is 17.8 Å². The molecule has 0 aliphatic heterocycles. The molecule has 3 aromatic carbocycles. The molecule has 1 N–H and O–H groups in total. The number of carbonyl (C=O) groups excluding carboxylic acids is 3. The summed E-state index contributed by atoms with van der Waals surface area (Å²) in [6.45, 7) is 2.14. The van der Waals surface area contributed by atoms with Gasteiger partial charge in [0.2, 0.25) is 5.78 Å². The highest BCUT2D eigenvalue weighted by molar-refractivity contribution is 6.51. The monoisotopic (exact) mass is 471 g/mol.